The summed E-state index contributed by atoms with van der Waals surface area (Å²) in [5, 5.41) is 13.6. The highest BCUT2D eigenvalue weighted by Gasteiger charge is 2.45. The molecule has 0 radical (unpaired) electrons. The van der Waals surface area contributed by atoms with E-state index in [1.807, 2.05) is 0 Å². The molecule has 1 heterocycles. The fraction of sp³-hybridized carbons (Fsp3) is 0.556. The summed E-state index contributed by atoms with van der Waals surface area (Å²) in [6.07, 6.45) is -0.782. The van der Waals surface area contributed by atoms with Crippen molar-refractivity contribution in [2.75, 3.05) is 13.1 Å². The second-order valence-electron chi connectivity index (χ2n) is 10.9. The van der Waals surface area contributed by atoms with Crippen LogP contribution in [-0.4, -0.2) is 50.5 Å². The Balaban J connectivity index is 1.63. The number of halogens is 5. The molecule has 1 amide bonds. The van der Waals surface area contributed by atoms with Gasteiger partial charge < -0.3 is 10.0 Å². The summed E-state index contributed by atoms with van der Waals surface area (Å²) in [7, 11) is 0. The van der Waals surface area contributed by atoms with Gasteiger partial charge in [-0.3, -0.25) is 19.1 Å². The predicted octanol–water partition coefficient (Wildman–Crippen LogP) is 6.85. The second kappa shape index (κ2) is 11.1. The number of amides is 1. The van der Waals surface area contributed by atoms with Crippen LogP contribution >= 0.6 is 23.2 Å². The number of aryl methyl sites for hydroxylation is 1. The predicted molar refractivity (Wildman–Crippen MR) is 139 cm³/mol. The number of nitrogens with zero attached hydrogens (tertiary/aromatic N) is 3. The molecule has 7 nitrogen and oxygen atoms in total. The van der Waals surface area contributed by atoms with Crippen LogP contribution in [-0.2, 0) is 11.0 Å². The van der Waals surface area contributed by atoms with Gasteiger partial charge in [-0.05, 0) is 69.6 Å². The van der Waals surface area contributed by atoms with E-state index in [2.05, 4.69) is 5.10 Å². The lowest BCUT2D eigenvalue weighted by molar-refractivity contribution is -0.152. The lowest BCUT2D eigenvalue weighted by Gasteiger charge is -2.34. The summed E-state index contributed by atoms with van der Waals surface area (Å²) in [5.41, 5.74) is -2.09. The normalized spacial score (nSPS) is 21.6. The molecule has 0 bridgehead atoms. The molecule has 0 unspecified atom stereocenters. The number of rotatable bonds is 9. The first-order chi connectivity index (χ1) is 18.2. The van der Waals surface area contributed by atoms with Crippen LogP contribution in [0.25, 0.3) is 0 Å². The third-order valence-electron chi connectivity index (χ3n) is 7.81. The highest BCUT2D eigenvalue weighted by molar-refractivity contribution is 6.40. The number of hydrogen-bond donors (Lipinski definition) is 1. The van der Waals surface area contributed by atoms with Crippen LogP contribution in [0.15, 0.2) is 18.3 Å². The molecule has 0 atom stereocenters. The van der Waals surface area contributed by atoms with Crippen LogP contribution in [0.5, 0.6) is 0 Å². The first-order valence-electron chi connectivity index (χ1n) is 12.9. The van der Waals surface area contributed by atoms with Crippen molar-refractivity contribution in [3.05, 3.63) is 50.8 Å². The Morgan fingerprint density at radius 1 is 1.13 bits per heavy atom. The van der Waals surface area contributed by atoms with Crippen molar-refractivity contribution in [1.82, 2.24) is 14.7 Å². The molecule has 12 heteroatoms. The Bertz CT molecular complexity index is 1260. The van der Waals surface area contributed by atoms with Crippen LogP contribution in [0.1, 0.15) is 89.9 Å². The van der Waals surface area contributed by atoms with Crippen LogP contribution in [0, 0.1) is 18.3 Å². The molecule has 1 aromatic carbocycles. The second-order valence-corrected chi connectivity index (χ2v) is 11.7. The van der Waals surface area contributed by atoms with E-state index in [9.17, 15) is 32.7 Å². The summed E-state index contributed by atoms with van der Waals surface area (Å²) in [6.45, 7) is 2.94. The number of hydrogen-bond acceptors (Lipinski definition) is 4. The fourth-order valence-electron chi connectivity index (χ4n) is 5.16. The number of ketones is 1. The van der Waals surface area contributed by atoms with E-state index in [-0.39, 0.29) is 47.8 Å². The number of carboxylic acid groups (broad SMARTS) is 1. The van der Waals surface area contributed by atoms with Crippen LogP contribution in [0.3, 0.4) is 0 Å². The maximum absolute atomic E-state index is 14.4. The molecule has 2 aromatic rings. The van der Waals surface area contributed by atoms with Crippen LogP contribution < -0.4 is 0 Å². The number of alkyl halides is 3. The third kappa shape index (κ3) is 6.43. The van der Waals surface area contributed by atoms with Crippen molar-refractivity contribution in [2.45, 2.75) is 71.0 Å². The first kappa shape index (κ1) is 29.4. The molecule has 212 valence electrons. The van der Waals surface area contributed by atoms with Gasteiger partial charge in [-0.15, -0.1) is 0 Å². The van der Waals surface area contributed by atoms with Gasteiger partial charge in [-0.1, -0.05) is 36.0 Å². The summed E-state index contributed by atoms with van der Waals surface area (Å²) in [5.74, 6) is -2.15. The Morgan fingerprint density at radius 2 is 1.72 bits per heavy atom. The zero-order valence-corrected chi connectivity index (χ0v) is 23.2. The summed E-state index contributed by atoms with van der Waals surface area (Å²) >= 11 is 12.5. The van der Waals surface area contributed by atoms with Gasteiger partial charge in [0.25, 0.3) is 5.91 Å². The minimum Gasteiger partial charge on any atom is -0.481 e. The number of aliphatic carboxylic acids is 1. The molecule has 2 aliphatic rings. The van der Waals surface area contributed by atoms with E-state index in [4.69, 9.17) is 23.2 Å². The van der Waals surface area contributed by atoms with Crippen molar-refractivity contribution in [2.24, 2.45) is 11.3 Å². The standard InChI is InChI=1S/C27H30Cl2F3N3O4/c1-15-11-19(28)22(20(29)12-15)21(36)14-34(10-7-16-3-4-16)24(37)18-13-33-35(23(18)27(30,31)32)17-5-8-26(2,9-6-17)25(38)39/h11-13,16-17H,3-10,14H2,1-2H3,(H,38,39)/t17-,26-. The highest BCUT2D eigenvalue weighted by atomic mass is 35.5. The minimum absolute atomic E-state index is 0.0172. The molecular formula is C27H30Cl2F3N3O4. The summed E-state index contributed by atoms with van der Waals surface area (Å²) in [6, 6.07) is 2.41. The van der Waals surface area contributed by atoms with Crippen molar-refractivity contribution in [3.63, 3.8) is 0 Å². The number of benzene rings is 1. The molecule has 0 spiro atoms. The number of Topliss-reactive ketones (excluding diaryl/α,β-unsaturated/α-hetero) is 1. The third-order valence-corrected chi connectivity index (χ3v) is 8.40. The average Bonchev–Trinajstić information content (AvgIpc) is 3.55. The van der Waals surface area contributed by atoms with Gasteiger partial charge in [0.05, 0.1) is 45.4 Å². The SMILES string of the molecule is Cc1cc(Cl)c(C(=O)CN(CCC2CC2)C(=O)c2cnn([C@H]3CC[C@](C)(C(=O)O)CC3)c2C(F)(F)F)c(Cl)c1. The minimum atomic E-state index is -4.90. The number of carbonyl (C=O) groups is 3. The lowest BCUT2D eigenvalue weighted by atomic mass is 9.74. The van der Waals surface area contributed by atoms with Crippen molar-refractivity contribution in [3.8, 4) is 0 Å². The van der Waals surface area contributed by atoms with Gasteiger partial charge in [0, 0.05) is 6.54 Å². The number of carboxylic acids is 1. The Kier molecular flexibility index (Phi) is 8.38. The van der Waals surface area contributed by atoms with E-state index in [1.165, 1.54) is 0 Å². The zero-order chi connectivity index (χ0) is 28.7. The molecule has 2 fully saturated rings. The summed E-state index contributed by atoms with van der Waals surface area (Å²) < 4.78 is 43.9. The molecule has 0 aliphatic heterocycles. The van der Waals surface area contributed by atoms with Crippen LogP contribution in [0.2, 0.25) is 10.0 Å². The van der Waals surface area contributed by atoms with E-state index in [0.29, 0.717) is 12.3 Å². The van der Waals surface area contributed by atoms with Gasteiger partial charge >= 0.3 is 12.1 Å². The quantitative estimate of drug-likeness (QED) is 0.324. The molecule has 2 aliphatic carbocycles. The molecule has 39 heavy (non-hydrogen) atoms. The molecule has 1 aromatic heterocycles. The first-order valence-corrected chi connectivity index (χ1v) is 13.6. The van der Waals surface area contributed by atoms with Gasteiger partial charge in [0.2, 0.25) is 0 Å². The molecule has 4 rings (SSSR count). The molecule has 2 saturated carbocycles. The fourth-order valence-corrected chi connectivity index (χ4v) is 5.97. The average molecular weight is 588 g/mol. The highest BCUT2D eigenvalue weighted by Crippen LogP contribution is 2.43. The Hall–Kier alpha value is -2.59. The van der Waals surface area contributed by atoms with Crippen molar-refractivity contribution >= 4 is 40.9 Å². The smallest absolute Gasteiger partial charge is 0.433 e. The maximum Gasteiger partial charge on any atom is 0.433 e. The van der Waals surface area contributed by atoms with Gasteiger partial charge in [0.15, 0.2) is 11.5 Å². The molecule has 0 saturated heterocycles. The van der Waals surface area contributed by atoms with E-state index in [0.717, 1.165) is 34.2 Å². The van der Waals surface area contributed by atoms with Gasteiger partial charge in [0.1, 0.15) is 0 Å². The molecular weight excluding hydrogens is 558 g/mol. The summed E-state index contributed by atoms with van der Waals surface area (Å²) in [4.78, 5) is 39.5. The van der Waals surface area contributed by atoms with Crippen molar-refractivity contribution < 1.29 is 32.7 Å². The van der Waals surface area contributed by atoms with Crippen molar-refractivity contribution in [1.29, 1.82) is 0 Å². The Labute approximate surface area is 234 Å². The monoisotopic (exact) mass is 587 g/mol. The topological polar surface area (TPSA) is 92.5 Å². The zero-order valence-electron chi connectivity index (χ0n) is 21.7. The van der Waals surface area contributed by atoms with Gasteiger partial charge in [-0.2, -0.15) is 18.3 Å². The van der Waals surface area contributed by atoms with Crippen LogP contribution in [0.4, 0.5) is 13.2 Å². The lowest BCUT2D eigenvalue weighted by Crippen LogP contribution is -2.38. The van der Waals surface area contributed by atoms with E-state index in [1.54, 1.807) is 26.0 Å². The van der Waals surface area contributed by atoms with E-state index < -0.39 is 53.1 Å². The van der Waals surface area contributed by atoms with Gasteiger partial charge in [-0.25, -0.2) is 0 Å². The maximum atomic E-state index is 14.4. The molecule has 1 N–H and O–H groups in total. The number of carbonyl (C=O) groups excluding carboxylic acids is 2. The van der Waals surface area contributed by atoms with E-state index >= 15 is 0 Å². The number of aromatic nitrogens is 2. The Morgan fingerprint density at radius 3 is 2.23 bits per heavy atom. The largest absolute Gasteiger partial charge is 0.481 e.